The fraction of sp³-hybridized carbons (Fsp3) is 0.150. The van der Waals surface area contributed by atoms with Crippen molar-refractivity contribution in [3.05, 3.63) is 71.2 Å². The Kier molecular flexibility index (Phi) is 4.95. The number of amides is 2. The van der Waals surface area contributed by atoms with Gasteiger partial charge in [-0.3, -0.25) is 9.59 Å². The van der Waals surface area contributed by atoms with Crippen LogP contribution in [0.15, 0.2) is 65.4 Å². The summed E-state index contributed by atoms with van der Waals surface area (Å²) in [6.45, 7) is 0.458. The predicted molar refractivity (Wildman–Crippen MR) is 107 cm³/mol. The van der Waals surface area contributed by atoms with E-state index >= 15 is 0 Å². The largest absolute Gasteiger partial charge is 0.325 e. The third-order valence-corrected chi connectivity index (χ3v) is 5.10. The van der Waals surface area contributed by atoms with E-state index in [1.807, 2.05) is 24.3 Å². The summed E-state index contributed by atoms with van der Waals surface area (Å²) in [5, 5.41) is 6.64. The van der Waals surface area contributed by atoms with Gasteiger partial charge in [-0.2, -0.15) is 5.10 Å². The molecule has 1 unspecified atom stereocenters. The number of hydrogen-bond donors (Lipinski definition) is 1. The van der Waals surface area contributed by atoms with Gasteiger partial charge in [0.2, 0.25) is 11.8 Å². The zero-order chi connectivity index (χ0) is 19.7. The second kappa shape index (κ2) is 7.55. The van der Waals surface area contributed by atoms with Crippen LogP contribution in [0.2, 0.25) is 0 Å². The van der Waals surface area contributed by atoms with Gasteiger partial charge in [0, 0.05) is 34.8 Å². The van der Waals surface area contributed by atoms with Crippen molar-refractivity contribution in [1.82, 2.24) is 9.78 Å². The van der Waals surface area contributed by atoms with E-state index in [1.165, 1.54) is 16.8 Å². The molecule has 0 saturated carbocycles. The van der Waals surface area contributed by atoms with E-state index in [0.717, 1.165) is 10.2 Å². The summed E-state index contributed by atoms with van der Waals surface area (Å²) in [5.74, 6) is -2.01. The molecule has 4 rings (SSSR count). The number of carbonyl (C=O) groups is 2. The van der Waals surface area contributed by atoms with Crippen LogP contribution >= 0.6 is 15.9 Å². The van der Waals surface area contributed by atoms with Crippen LogP contribution < -0.4 is 10.2 Å². The standard InChI is InChI=1S/C20H16BrFN4O2/c21-13-3-1-4-15(11-13)25-10-7-16(20(25)28)19(27)24-14-5-6-18(17(22)12-14)26-9-2-8-23-26/h1-6,8-9,11-12,16H,7,10H2,(H,24,27). The van der Waals surface area contributed by atoms with Crippen molar-refractivity contribution in [2.24, 2.45) is 5.92 Å². The molecule has 1 aromatic heterocycles. The Morgan fingerprint density at radius 3 is 2.79 bits per heavy atom. The summed E-state index contributed by atoms with van der Waals surface area (Å²) < 4.78 is 16.6. The zero-order valence-electron chi connectivity index (χ0n) is 14.7. The zero-order valence-corrected chi connectivity index (χ0v) is 16.3. The van der Waals surface area contributed by atoms with E-state index in [9.17, 15) is 14.0 Å². The fourth-order valence-corrected chi connectivity index (χ4v) is 3.62. The molecule has 2 aromatic carbocycles. The van der Waals surface area contributed by atoms with Gasteiger partial charge < -0.3 is 10.2 Å². The van der Waals surface area contributed by atoms with Crippen molar-refractivity contribution in [3.63, 3.8) is 0 Å². The SMILES string of the molecule is O=C(Nc1ccc(-n2cccn2)c(F)c1)C1CCN(c2cccc(Br)c2)C1=O. The molecule has 8 heteroatoms. The van der Waals surface area contributed by atoms with Gasteiger partial charge in [0.15, 0.2) is 5.82 Å². The molecular weight excluding hydrogens is 427 g/mol. The first kappa shape index (κ1) is 18.4. The Labute approximate surface area is 169 Å². The molecular formula is C20H16BrFN4O2. The molecule has 1 N–H and O–H groups in total. The van der Waals surface area contributed by atoms with E-state index in [1.54, 1.807) is 29.4 Å². The predicted octanol–water partition coefficient (Wildman–Crippen LogP) is 3.77. The highest BCUT2D eigenvalue weighted by Gasteiger charge is 2.37. The number of aromatic nitrogens is 2. The molecule has 28 heavy (non-hydrogen) atoms. The first-order valence-corrected chi connectivity index (χ1v) is 9.49. The molecule has 2 heterocycles. The van der Waals surface area contributed by atoms with Crippen molar-refractivity contribution in [3.8, 4) is 5.69 Å². The van der Waals surface area contributed by atoms with Gasteiger partial charge in [-0.25, -0.2) is 9.07 Å². The monoisotopic (exact) mass is 442 g/mol. The van der Waals surface area contributed by atoms with Crippen LogP contribution in [0.5, 0.6) is 0 Å². The minimum atomic E-state index is -0.798. The minimum Gasteiger partial charge on any atom is -0.325 e. The van der Waals surface area contributed by atoms with Crippen LogP contribution in [-0.4, -0.2) is 28.1 Å². The fourth-order valence-electron chi connectivity index (χ4n) is 3.23. The first-order chi connectivity index (χ1) is 13.5. The van der Waals surface area contributed by atoms with Gasteiger partial charge in [-0.1, -0.05) is 22.0 Å². The number of nitrogens with zero attached hydrogens (tertiary/aromatic N) is 3. The van der Waals surface area contributed by atoms with Crippen LogP contribution in [0.25, 0.3) is 5.69 Å². The number of hydrogen-bond acceptors (Lipinski definition) is 3. The number of benzene rings is 2. The number of nitrogens with one attached hydrogen (secondary N) is 1. The molecule has 1 aliphatic heterocycles. The number of rotatable bonds is 4. The maximum absolute atomic E-state index is 14.3. The topological polar surface area (TPSA) is 67.2 Å². The number of carbonyl (C=O) groups excluding carboxylic acids is 2. The van der Waals surface area contributed by atoms with Gasteiger partial charge >= 0.3 is 0 Å². The summed E-state index contributed by atoms with van der Waals surface area (Å²) in [6, 6.07) is 13.4. The summed E-state index contributed by atoms with van der Waals surface area (Å²) in [4.78, 5) is 26.9. The lowest BCUT2D eigenvalue weighted by Crippen LogP contribution is -2.33. The molecule has 0 radical (unpaired) electrons. The molecule has 1 atom stereocenters. The van der Waals surface area contributed by atoms with Crippen molar-refractivity contribution in [2.75, 3.05) is 16.8 Å². The Morgan fingerprint density at radius 1 is 1.21 bits per heavy atom. The highest BCUT2D eigenvalue weighted by atomic mass is 79.9. The highest BCUT2D eigenvalue weighted by molar-refractivity contribution is 9.10. The lowest BCUT2D eigenvalue weighted by atomic mass is 10.1. The Morgan fingerprint density at radius 2 is 2.07 bits per heavy atom. The van der Waals surface area contributed by atoms with Crippen molar-refractivity contribution in [2.45, 2.75) is 6.42 Å². The quantitative estimate of drug-likeness (QED) is 0.625. The maximum atomic E-state index is 14.3. The molecule has 142 valence electrons. The molecule has 6 nitrogen and oxygen atoms in total. The van der Waals surface area contributed by atoms with Crippen molar-refractivity contribution >= 4 is 39.1 Å². The van der Waals surface area contributed by atoms with Crippen molar-refractivity contribution < 1.29 is 14.0 Å². The van der Waals surface area contributed by atoms with Crippen LogP contribution in [0, 0.1) is 11.7 Å². The molecule has 1 saturated heterocycles. The van der Waals surface area contributed by atoms with Gasteiger partial charge in [0.05, 0.1) is 0 Å². The summed E-state index contributed by atoms with van der Waals surface area (Å²) in [5.41, 5.74) is 1.32. The number of halogens is 2. The Hall–Kier alpha value is -3.00. The highest BCUT2D eigenvalue weighted by Crippen LogP contribution is 2.28. The molecule has 0 spiro atoms. The third-order valence-electron chi connectivity index (χ3n) is 4.61. The Bertz CT molecular complexity index is 1040. The van der Waals surface area contributed by atoms with Gasteiger partial charge in [-0.05, 0) is 48.9 Å². The second-order valence-electron chi connectivity index (χ2n) is 6.42. The van der Waals surface area contributed by atoms with Gasteiger partial charge in [0.25, 0.3) is 0 Å². The second-order valence-corrected chi connectivity index (χ2v) is 7.33. The van der Waals surface area contributed by atoms with Crippen LogP contribution in [0.1, 0.15) is 6.42 Å². The van der Waals surface area contributed by atoms with Gasteiger partial charge in [0.1, 0.15) is 11.6 Å². The third kappa shape index (κ3) is 3.55. The average molecular weight is 443 g/mol. The normalized spacial score (nSPS) is 16.4. The first-order valence-electron chi connectivity index (χ1n) is 8.70. The molecule has 0 bridgehead atoms. The summed E-state index contributed by atoms with van der Waals surface area (Å²) >= 11 is 3.39. The van der Waals surface area contributed by atoms with Crippen LogP contribution in [0.3, 0.4) is 0 Å². The van der Waals surface area contributed by atoms with Gasteiger partial charge in [-0.15, -0.1) is 0 Å². The van der Waals surface area contributed by atoms with E-state index < -0.39 is 17.6 Å². The van der Waals surface area contributed by atoms with Crippen molar-refractivity contribution in [1.29, 1.82) is 0 Å². The smallest absolute Gasteiger partial charge is 0.239 e. The molecule has 1 aliphatic rings. The van der Waals surface area contributed by atoms with E-state index in [2.05, 4.69) is 26.3 Å². The lowest BCUT2D eigenvalue weighted by Gasteiger charge is -2.17. The maximum Gasteiger partial charge on any atom is 0.239 e. The van der Waals surface area contributed by atoms with Crippen LogP contribution in [0.4, 0.5) is 15.8 Å². The average Bonchev–Trinajstić information content (AvgIpc) is 3.31. The lowest BCUT2D eigenvalue weighted by molar-refractivity contribution is -0.129. The number of anilines is 2. The van der Waals surface area contributed by atoms with E-state index in [0.29, 0.717) is 18.7 Å². The van der Waals surface area contributed by atoms with E-state index in [-0.39, 0.29) is 11.6 Å². The summed E-state index contributed by atoms with van der Waals surface area (Å²) in [7, 11) is 0. The molecule has 1 fully saturated rings. The minimum absolute atomic E-state index is 0.260. The van der Waals surface area contributed by atoms with E-state index in [4.69, 9.17) is 0 Å². The van der Waals surface area contributed by atoms with Crippen LogP contribution in [-0.2, 0) is 9.59 Å². The molecule has 2 amide bonds. The summed E-state index contributed by atoms with van der Waals surface area (Å²) in [6.07, 6.45) is 3.59. The Balaban J connectivity index is 1.47. The molecule has 0 aliphatic carbocycles. The molecule has 3 aromatic rings.